The van der Waals surface area contributed by atoms with E-state index in [0.717, 1.165) is 18.5 Å². The normalized spacial score (nSPS) is 15.1. The van der Waals surface area contributed by atoms with Gasteiger partial charge in [0.05, 0.1) is 12.2 Å². The van der Waals surface area contributed by atoms with Crippen molar-refractivity contribution in [1.82, 2.24) is 20.2 Å². The molecule has 9 nitrogen and oxygen atoms in total. The quantitative estimate of drug-likeness (QED) is 0.414. The molecule has 2 N–H and O–H groups in total. The molecule has 2 heterocycles. The number of carbonyl (C=O) groups excluding carboxylic acids is 3. The molecular formula is C26H29N5O4. The number of anilines is 1. The van der Waals surface area contributed by atoms with Crippen LogP contribution < -0.4 is 20.3 Å². The number of hydrogen-bond donors (Lipinski definition) is 2. The Bertz CT molecular complexity index is 1120. The smallest absolute Gasteiger partial charge is 0.258 e. The highest BCUT2D eigenvalue weighted by atomic mass is 16.5. The predicted octanol–water partition coefficient (Wildman–Crippen LogP) is 2.14. The second-order valence-electron chi connectivity index (χ2n) is 8.40. The van der Waals surface area contributed by atoms with Gasteiger partial charge in [-0.1, -0.05) is 30.3 Å². The van der Waals surface area contributed by atoms with Gasteiger partial charge in [-0.05, 0) is 36.2 Å². The van der Waals surface area contributed by atoms with Crippen molar-refractivity contribution in [2.45, 2.75) is 25.9 Å². The first-order valence-electron chi connectivity index (χ1n) is 11.7. The first-order chi connectivity index (χ1) is 17.1. The minimum Gasteiger partial charge on any atom is -0.484 e. The molecule has 0 radical (unpaired) electrons. The zero-order chi connectivity index (χ0) is 24.5. The van der Waals surface area contributed by atoms with Crippen LogP contribution in [0.25, 0.3) is 0 Å². The van der Waals surface area contributed by atoms with Crippen molar-refractivity contribution < 1.29 is 19.1 Å². The van der Waals surface area contributed by atoms with Gasteiger partial charge in [-0.25, -0.2) is 4.98 Å². The van der Waals surface area contributed by atoms with Gasteiger partial charge in [-0.3, -0.25) is 14.4 Å². The molecule has 1 saturated heterocycles. The van der Waals surface area contributed by atoms with Crippen molar-refractivity contribution >= 4 is 23.4 Å². The maximum atomic E-state index is 12.5. The molecule has 3 aromatic rings. The van der Waals surface area contributed by atoms with Crippen molar-refractivity contribution in [1.29, 1.82) is 0 Å². The number of nitrogens with one attached hydrogen (secondary N) is 2. The monoisotopic (exact) mass is 475 g/mol. The Morgan fingerprint density at radius 2 is 1.86 bits per heavy atom. The number of rotatable bonds is 11. The number of amides is 3. The number of nitrogens with zero attached hydrogens (tertiary/aromatic N) is 3. The van der Waals surface area contributed by atoms with Gasteiger partial charge < -0.3 is 24.8 Å². The molecule has 35 heavy (non-hydrogen) atoms. The lowest BCUT2D eigenvalue weighted by atomic mass is 10.1. The lowest BCUT2D eigenvalue weighted by Crippen LogP contribution is -2.33. The summed E-state index contributed by atoms with van der Waals surface area (Å²) in [5.41, 5.74) is 1.72. The highest BCUT2D eigenvalue weighted by molar-refractivity contribution is 6.00. The number of carbonyl (C=O) groups is 3. The first-order valence-corrected chi connectivity index (χ1v) is 11.7. The largest absolute Gasteiger partial charge is 0.484 e. The third-order valence-electron chi connectivity index (χ3n) is 5.80. The Morgan fingerprint density at radius 3 is 2.60 bits per heavy atom. The molecule has 1 aromatic heterocycles. The second-order valence-corrected chi connectivity index (χ2v) is 8.40. The molecule has 0 unspecified atom stereocenters. The van der Waals surface area contributed by atoms with E-state index < -0.39 is 0 Å². The van der Waals surface area contributed by atoms with E-state index in [1.54, 1.807) is 41.7 Å². The summed E-state index contributed by atoms with van der Waals surface area (Å²) in [7, 11) is 0. The van der Waals surface area contributed by atoms with Crippen LogP contribution in [0.2, 0.25) is 0 Å². The summed E-state index contributed by atoms with van der Waals surface area (Å²) in [5.74, 6) is -0.251. The molecule has 1 fully saturated rings. The predicted molar refractivity (Wildman–Crippen MR) is 131 cm³/mol. The van der Waals surface area contributed by atoms with Gasteiger partial charge in [0, 0.05) is 50.7 Å². The molecule has 4 rings (SSSR count). The average Bonchev–Trinajstić information content (AvgIpc) is 3.55. The van der Waals surface area contributed by atoms with E-state index in [1.807, 2.05) is 41.1 Å². The van der Waals surface area contributed by atoms with Crippen LogP contribution in [-0.4, -0.2) is 47.0 Å². The van der Waals surface area contributed by atoms with E-state index in [-0.39, 0.29) is 36.7 Å². The van der Waals surface area contributed by atoms with Crippen molar-refractivity contribution in [3.05, 3.63) is 78.9 Å². The van der Waals surface area contributed by atoms with Crippen LogP contribution in [0.1, 0.15) is 18.4 Å². The Hall–Kier alpha value is -4.14. The highest BCUT2D eigenvalue weighted by Crippen LogP contribution is 2.27. The molecule has 0 bridgehead atoms. The van der Waals surface area contributed by atoms with E-state index >= 15 is 0 Å². The molecule has 9 heteroatoms. The fourth-order valence-electron chi connectivity index (χ4n) is 3.89. The number of imidazole rings is 1. The van der Waals surface area contributed by atoms with Crippen LogP contribution in [0.4, 0.5) is 5.69 Å². The zero-order valence-corrected chi connectivity index (χ0v) is 19.4. The van der Waals surface area contributed by atoms with Gasteiger partial charge in [0.15, 0.2) is 6.61 Å². The number of benzene rings is 2. The van der Waals surface area contributed by atoms with Gasteiger partial charge in [0.25, 0.3) is 5.91 Å². The second kappa shape index (κ2) is 11.8. The van der Waals surface area contributed by atoms with E-state index in [1.165, 1.54) is 0 Å². The van der Waals surface area contributed by atoms with Gasteiger partial charge in [0.1, 0.15) is 5.75 Å². The summed E-state index contributed by atoms with van der Waals surface area (Å²) in [6.45, 7) is 2.01. The summed E-state index contributed by atoms with van der Waals surface area (Å²) in [6, 6.07) is 16.6. The summed E-state index contributed by atoms with van der Waals surface area (Å²) < 4.78 is 7.51. The Kier molecular flexibility index (Phi) is 8.11. The number of aromatic nitrogens is 2. The summed E-state index contributed by atoms with van der Waals surface area (Å²) in [4.78, 5) is 42.7. The lowest BCUT2D eigenvalue weighted by Gasteiger charge is -2.17. The van der Waals surface area contributed by atoms with Gasteiger partial charge >= 0.3 is 0 Å². The first kappa shape index (κ1) is 24.0. The van der Waals surface area contributed by atoms with Gasteiger partial charge in [0.2, 0.25) is 11.8 Å². The third-order valence-corrected chi connectivity index (χ3v) is 5.80. The Morgan fingerprint density at radius 1 is 1.06 bits per heavy atom. The van der Waals surface area contributed by atoms with Crippen molar-refractivity contribution in [2.24, 2.45) is 5.92 Å². The van der Waals surface area contributed by atoms with Crippen LogP contribution in [0.15, 0.2) is 73.3 Å². The van der Waals surface area contributed by atoms with E-state index in [4.69, 9.17) is 4.74 Å². The maximum Gasteiger partial charge on any atom is 0.258 e. The van der Waals surface area contributed by atoms with Crippen molar-refractivity contribution in [2.75, 3.05) is 24.6 Å². The molecule has 0 aliphatic carbocycles. The fourth-order valence-corrected chi connectivity index (χ4v) is 3.89. The Balaban J connectivity index is 1.19. The zero-order valence-electron chi connectivity index (χ0n) is 19.4. The van der Waals surface area contributed by atoms with Gasteiger partial charge in [-0.15, -0.1) is 0 Å². The number of aryl methyl sites for hydroxylation is 1. The number of ether oxygens (including phenoxy) is 1. The molecule has 1 atom stereocenters. The van der Waals surface area contributed by atoms with Crippen LogP contribution in [0, 0.1) is 5.92 Å². The molecule has 0 spiro atoms. The topological polar surface area (TPSA) is 106 Å². The summed E-state index contributed by atoms with van der Waals surface area (Å²) in [5, 5.41) is 5.74. The Labute approximate surface area is 204 Å². The molecule has 1 aliphatic rings. The minimum atomic E-state index is -0.375. The minimum absolute atomic E-state index is 0.0856. The average molecular weight is 476 g/mol. The van der Waals surface area contributed by atoms with Crippen LogP contribution in [0.5, 0.6) is 5.75 Å². The summed E-state index contributed by atoms with van der Waals surface area (Å²) >= 11 is 0. The standard InChI is InChI=1S/C26H29N5O4/c32-24(29-16-20-5-2-1-3-6-20)18-35-23-9-7-22(8-10-23)31-17-21(15-25(31)33)26(34)28-11-4-13-30-14-12-27-19-30/h1-3,5-10,12,14,19,21H,4,11,13,15-18H2,(H,28,34)(H,29,32)/t21-/m1/s1. The van der Waals surface area contributed by atoms with Crippen LogP contribution in [-0.2, 0) is 27.5 Å². The maximum absolute atomic E-state index is 12.5. The van der Waals surface area contributed by atoms with Gasteiger partial charge in [-0.2, -0.15) is 0 Å². The van der Waals surface area contributed by atoms with E-state index in [2.05, 4.69) is 15.6 Å². The molecule has 1 aliphatic heterocycles. The van der Waals surface area contributed by atoms with E-state index in [0.29, 0.717) is 31.1 Å². The molecule has 0 saturated carbocycles. The number of hydrogen-bond acceptors (Lipinski definition) is 5. The van der Waals surface area contributed by atoms with Crippen molar-refractivity contribution in [3.8, 4) is 5.75 Å². The van der Waals surface area contributed by atoms with E-state index in [9.17, 15) is 14.4 Å². The highest BCUT2D eigenvalue weighted by Gasteiger charge is 2.34. The SMILES string of the molecule is O=C(COc1ccc(N2C[C@H](C(=O)NCCCn3ccnc3)CC2=O)cc1)NCc1ccccc1. The lowest BCUT2D eigenvalue weighted by molar-refractivity contribution is -0.126. The summed E-state index contributed by atoms with van der Waals surface area (Å²) in [6.07, 6.45) is 6.32. The third kappa shape index (κ3) is 6.92. The van der Waals surface area contributed by atoms with Crippen LogP contribution >= 0.6 is 0 Å². The molecular weight excluding hydrogens is 446 g/mol. The van der Waals surface area contributed by atoms with Crippen LogP contribution in [0.3, 0.4) is 0 Å². The van der Waals surface area contributed by atoms with Crippen molar-refractivity contribution in [3.63, 3.8) is 0 Å². The molecule has 182 valence electrons. The fraction of sp³-hybridized carbons (Fsp3) is 0.308. The molecule has 2 aromatic carbocycles. The molecule has 3 amide bonds.